The Hall–Kier alpha value is -2.83. The minimum Gasteiger partial charge on any atom is -0.497 e. The second kappa shape index (κ2) is 8.13. The minimum atomic E-state index is 0.364. The Bertz CT molecular complexity index is 1090. The molecule has 0 spiro atoms. The van der Waals surface area contributed by atoms with Crippen molar-refractivity contribution >= 4 is 33.5 Å². The zero-order chi connectivity index (χ0) is 20.5. The number of fused-ring (bicyclic) bond motifs is 2. The van der Waals surface area contributed by atoms with Gasteiger partial charge in [-0.15, -0.1) is 11.3 Å². The van der Waals surface area contributed by atoms with E-state index in [1.807, 2.05) is 6.07 Å². The Labute approximate surface area is 181 Å². The smallest absolute Gasteiger partial charge is 0.139 e. The van der Waals surface area contributed by atoms with Crippen LogP contribution in [0.15, 0.2) is 59.6 Å². The van der Waals surface area contributed by atoms with E-state index in [1.54, 1.807) is 18.4 Å². The molecular formula is C24H26N4OS. The van der Waals surface area contributed by atoms with Crippen LogP contribution in [0, 0.1) is 6.92 Å². The fourth-order valence-corrected chi connectivity index (χ4v) is 5.15. The van der Waals surface area contributed by atoms with E-state index >= 15 is 0 Å². The van der Waals surface area contributed by atoms with Crippen molar-refractivity contribution in [3.63, 3.8) is 0 Å². The molecule has 0 amide bonds. The number of hydrogen-bond acceptors (Lipinski definition) is 6. The Morgan fingerprint density at radius 1 is 1.17 bits per heavy atom. The maximum absolute atomic E-state index is 5.39. The van der Waals surface area contributed by atoms with E-state index in [9.17, 15) is 0 Å². The topological polar surface area (TPSA) is 48.9 Å². The van der Waals surface area contributed by atoms with Crippen molar-refractivity contribution in [2.75, 3.05) is 32.1 Å². The van der Waals surface area contributed by atoms with Crippen LogP contribution in [0.25, 0.3) is 0 Å². The monoisotopic (exact) mass is 418 g/mol. The van der Waals surface area contributed by atoms with E-state index in [0.29, 0.717) is 6.04 Å². The number of para-hydroxylation sites is 2. The van der Waals surface area contributed by atoms with Crippen LogP contribution >= 0.6 is 11.3 Å². The van der Waals surface area contributed by atoms with E-state index in [1.165, 1.54) is 21.0 Å². The molecule has 30 heavy (non-hydrogen) atoms. The van der Waals surface area contributed by atoms with Crippen molar-refractivity contribution in [1.82, 2.24) is 10.2 Å². The summed E-state index contributed by atoms with van der Waals surface area (Å²) in [6.45, 7) is 4.98. The minimum absolute atomic E-state index is 0.364. The second-order valence-corrected chi connectivity index (χ2v) is 9.09. The maximum Gasteiger partial charge on any atom is 0.139 e. The van der Waals surface area contributed by atoms with E-state index in [-0.39, 0.29) is 0 Å². The van der Waals surface area contributed by atoms with Crippen molar-refractivity contribution in [1.29, 1.82) is 0 Å². The zero-order valence-corrected chi connectivity index (χ0v) is 18.1. The van der Waals surface area contributed by atoms with Crippen molar-refractivity contribution in [3.8, 4) is 5.75 Å². The molecule has 5 nitrogen and oxygen atoms in total. The molecule has 5 rings (SSSR count). The normalized spacial score (nSPS) is 18.0. The summed E-state index contributed by atoms with van der Waals surface area (Å²) in [5.41, 5.74) is 4.56. The van der Waals surface area contributed by atoms with Gasteiger partial charge in [0.05, 0.1) is 24.0 Å². The molecular weight excluding hydrogens is 392 g/mol. The number of amidine groups is 1. The van der Waals surface area contributed by atoms with Gasteiger partial charge in [0.1, 0.15) is 16.6 Å². The molecule has 1 atom stereocenters. The number of benzene rings is 2. The van der Waals surface area contributed by atoms with E-state index in [4.69, 9.17) is 9.73 Å². The first-order valence-corrected chi connectivity index (χ1v) is 11.2. The van der Waals surface area contributed by atoms with Crippen molar-refractivity contribution in [3.05, 3.63) is 70.6 Å². The highest BCUT2D eigenvalue weighted by Crippen LogP contribution is 2.39. The lowest BCUT2D eigenvalue weighted by Gasteiger charge is -2.36. The third-order valence-corrected chi connectivity index (χ3v) is 6.61. The molecule has 2 aliphatic heterocycles. The lowest BCUT2D eigenvalue weighted by molar-refractivity contribution is 0.290. The highest BCUT2D eigenvalue weighted by Gasteiger charge is 2.27. The zero-order valence-electron chi connectivity index (χ0n) is 17.3. The van der Waals surface area contributed by atoms with Gasteiger partial charge in [-0.1, -0.05) is 24.3 Å². The molecule has 0 radical (unpaired) electrons. The van der Waals surface area contributed by atoms with Crippen LogP contribution < -0.4 is 15.4 Å². The van der Waals surface area contributed by atoms with Gasteiger partial charge in [-0.25, -0.2) is 4.99 Å². The van der Waals surface area contributed by atoms with Gasteiger partial charge < -0.3 is 20.3 Å². The van der Waals surface area contributed by atoms with Gasteiger partial charge in [0, 0.05) is 30.6 Å². The van der Waals surface area contributed by atoms with Gasteiger partial charge >= 0.3 is 0 Å². The fourth-order valence-electron chi connectivity index (χ4n) is 4.23. The van der Waals surface area contributed by atoms with Gasteiger partial charge in [0.2, 0.25) is 0 Å². The molecule has 3 aromatic rings. The summed E-state index contributed by atoms with van der Waals surface area (Å²) < 4.78 is 5.39. The first-order valence-electron chi connectivity index (χ1n) is 10.4. The van der Waals surface area contributed by atoms with E-state index in [0.717, 1.165) is 49.0 Å². The van der Waals surface area contributed by atoms with Gasteiger partial charge in [-0.3, -0.25) is 0 Å². The molecule has 1 saturated heterocycles. The number of nitrogens with zero attached hydrogens (tertiary/aromatic N) is 2. The summed E-state index contributed by atoms with van der Waals surface area (Å²) in [5.74, 6) is 1.98. The Morgan fingerprint density at radius 2 is 2.07 bits per heavy atom. The summed E-state index contributed by atoms with van der Waals surface area (Å²) >= 11 is 1.79. The largest absolute Gasteiger partial charge is 0.497 e. The van der Waals surface area contributed by atoms with E-state index in [2.05, 4.69) is 71.0 Å². The van der Waals surface area contributed by atoms with Gasteiger partial charge in [0.15, 0.2) is 0 Å². The summed E-state index contributed by atoms with van der Waals surface area (Å²) in [4.78, 5) is 8.86. The number of ether oxygens (including phenoxy) is 1. The molecule has 1 fully saturated rings. The first kappa shape index (κ1) is 19.2. The molecule has 154 valence electrons. The molecule has 2 aromatic carbocycles. The lowest BCUT2D eigenvalue weighted by atomic mass is 10.0. The number of aryl methyl sites for hydroxylation is 1. The summed E-state index contributed by atoms with van der Waals surface area (Å²) in [6.07, 6.45) is 0.964. The van der Waals surface area contributed by atoms with Crippen LogP contribution in [-0.2, 0) is 6.42 Å². The van der Waals surface area contributed by atoms with Gasteiger partial charge in [-0.2, -0.15) is 0 Å². The average molecular weight is 419 g/mol. The Balaban J connectivity index is 1.44. The predicted molar refractivity (Wildman–Crippen MR) is 125 cm³/mol. The van der Waals surface area contributed by atoms with Gasteiger partial charge in [0.25, 0.3) is 0 Å². The number of nitrogens with one attached hydrogen (secondary N) is 2. The van der Waals surface area contributed by atoms with Gasteiger partial charge in [-0.05, 0) is 49.2 Å². The fraction of sp³-hybridized carbons (Fsp3) is 0.292. The molecule has 0 bridgehead atoms. The summed E-state index contributed by atoms with van der Waals surface area (Å²) in [6, 6.07) is 19.3. The van der Waals surface area contributed by atoms with Crippen molar-refractivity contribution < 1.29 is 4.74 Å². The summed E-state index contributed by atoms with van der Waals surface area (Å²) in [5, 5.41) is 8.47. The number of anilines is 2. The quantitative estimate of drug-likeness (QED) is 0.646. The molecule has 2 N–H and O–H groups in total. The predicted octanol–water partition coefficient (Wildman–Crippen LogP) is 4.72. The molecule has 2 aliphatic rings. The number of aliphatic imine (C=N–C) groups is 1. The van der Waals surface area contributed by atoms with Crippen molar-refractivity contribution in [2.24, 2.45) is 4.99 Å². The molecule has 0 saturated carbocycles. The molecule has 0 aliphatic carbocycles. The second-order valence-electron chi connectivity index (χ2n) is 7.83. The third kappa shape index (κ3) is 3.80. The van der Waals surface area contributed by atoms with Crippen LogP contribution in [-0.4, -0.2) is 43.5 Å². The van der Waals surface area contributed by atoms with E-state index < -0.39 is 0 Å². The van der Waals surface area contributed by atoms with Crippen LogP contribution in [0.2, 0.25) is 0 Å². The number of methoxy groups -OCH3 is 1. The molecule has 1 aromatic heterocycles. The highest BCUT2D eigenvalue weighted by atomic mass is 32.1. The SMILES string of the molecule is COc1cccc(CC2CN(C3=Nc4ccccc4Nc4sc(C)cc43)CCN2)c1. The highest BCUT2D eigenvalue weighted by molar-refractivity contribution is 7.16. The maximum atomic E-state index is 5.39. The number of piperazine rings is 1. The molecule has 6 heteroatoms. The average Bonchev–Trinajstić information content (AvgIpc) is 3.05. The molecule has 3 heterocycles. The third-order valence-electron chi connectivity index (χ3n) is 5.65. The standard InChI is InChI=1S/C24H26N4OS/c1-16-12-20-23(26-21-8-3-4-9-22(21)27-24(20)30-16)28-11-10-25-18(15-28)13-17-6-5-7-19(14-17)29-2/h3-9,12,14,18,25,27H,10-11,13,15H2,1-2H3. The number of thiophene rings is 1. The molecule has 1 unspecified atom stereocenters. The lowest BCUT2D eigenvalue weighted by Crippen LogP contribution is -2.53. The Kier molecular flexibility index (Phi) is 5.19. The number of rotatable bonds is 3. The van der Waals surface area contributed by atoms with Crippen LogP contribution in [0.5, 0.6) is 5.75 Å². The van der Waals surface area contributed by atoms with Crippen LogP contribution in [0.3, 0.4) is 0 Å². The number of hydrogen-bond donors (Lipinski definition) is 2. The first-order chi connectivity index (χ1) is 14.7. The summed E-state index contributed by atoms with van der Waals surface area (Å²) in [7, 11) is 1.72. The van der Waals surface area contributed by atoms with Crippen LogP contribution in [0.1, 0.15) is 16.0 Å². The van der Waals surface area contributed by atoms with Crippen LogP contribution in [0.4, 0.5) is 16.4 Å². The van der Waals surface area contributed by atoms with Crippen molar-refractivity contribution in [2.45, 2.75) is 19.4 Å². The Morgan fingerprint density at radius 3 is 2.97 bits per heavy atom.